The molecule has 3 aromatic heterocycles. The summed E-state index contributed by atoms with van der Waals surface area (Å²) < 4.78 is 2.10. The molecule has 1 saturated carbocycles. The average Bonchev–Trinajstić information content (AvgIpc) is 3.79. The molecule has 1 aromatic carbocycles. The zero-order valence-corrected chi connectivity index (χ0v) is 34.7. The Labute approximate surface area is 358 Å². The number of benzene rings is 1. The average molecular weight is 846 g/mol. The van der Waals surface area contributed by atoms with Crippen LogP contribution in [0.25, 0.3) is 11.2 Å². The Morgan fingerprint density at radius 2 is 1.60 bits per heavy atom. The fourth-order valence-electron chi connectivity index (χ4n) is 9.19. The van der Waals surface area contributed by atoms with E-state index in [2.05, 4.69) is 50.6 Å². The van der Waals surface area contributed by atoms with Crippen molar-refractivity contribution in [2.45, 2.75) is 76.0 Å². The number of hydrogen-bond donors (Lipinski definition) is 4. The molecule has 0 radical (unpaired) electrons. The molecule has 4 aliphatic heterocycles. The van der Waals surface area contributed by atoms with Crippen molar-refractivity contribution in [3.63, 3.8) is 0 Å². The number of carbonyl (C=O) groups is 6. The zero-order chi connectivity index (χ0) is 42.9. The molecule has 3 saturated heterocycles. The van der Waals surface area contributed by atoms with E-state index in [1.807, 2.05) is 30.3 Å². The van der Waals surface area contributed by atoms with Gasteiger partial charge in [-0.25, -0.2) is 19.9 Å². The Bertz CT molecular complexity index is 2400. The van der Waals surface area contributed by atoms with Crippen molar-refractivity contribution >= 4 is 58.1 Å². The third-order valence-corrected chi connectivity index (χ3v) is 12.8. The number of aromatic nitrogens is 5. The molecule has 6 amide bonds. The van der Waals surface area contributed by atoms with E-state index in [0.717, 1.165) is 98.9 Å². The van der Waals surface area contributed by atoms with Crippen LogP contribution in [0.5, 0.6) is 0 Å². The van der Waals surface area contributed by atoms with Crippen LogP contribution >= 0.6 is 0 Å². The third kappa shape index (κ3) is 8.58. The monoisotopic (exact) mass is 845 g/mol. The van der Waals surface area contributed by atoms with Gasteiger partial charge in [0.05, 0.1) is 24.0 Å². The van der Waals surface area contributed by atoms with Gasteiger partial charge in [-0.3, -0.25) is 43.9 Å². The number of imidazole rings is 1. The summed E-state index contributed by atoms with van der Waals surface area (Å²) in [4.78, 5) is 102. The van der Waals surface area contributed by atoms with Gasteiger partial charge in [0.1, 0.15) is 23.6 Å². The standard InChI is InChI=1S/C43H51N13O6/c1-26-4-2-5-33(48-26)40(59)50-29-20-30(21-29)55-25-47-37-38(45-24-46-39(37)55)49-27-10-14-52(15-11-27)12-3-13-53-16-18-54(19-17-53)36(58)23-44-28-6-7-31-32(22-28)43(62)56(42(31)61)34-8-9-35(57)51-41(34)60/h2,4-7,22,24-25,27,29-30,34,44H,3,8-21,23H2,1H3,(H,50,59)(H,45,46,49)(H,51,57,60)/t29?,30?,34-/m0/s1. The molecule has 4 N–H and O–H groups in total. The van der Waals surface area contributed by atoms with Gasteiger partial charge in [0.2, 0.25) is 17.7 Å². The fourth-order valence-corrected chi connectivity index (χ4v) is 9.19. The van der Waals surface area contributed by atoms with E-state index in [1.54, 1.807) is 24.5 Å². The lowest BCUT2D eigenvalue weighted by Gasteiger charge is -2.36. The molecule has 19 heteroatoms. The number of anilines is 2. The number of hydrogen-bond acceptors (Lipinski definition) is 14. The van der Waals surface area contributed by atoms with Crippen LogP contribution in [-0.4, -0.2) is 157 Å². The van der Waals surface area contributed by atoms with Gasteiger partial charge in [-0.15, -0.1) is 0 Å². The van der Waals surface area contributed by atoms with Gasteiger partial charge < -0.3 is 30.3 Å². The minimum atomic E-state index is -1.03. The van der Waals surface area contributed by atoms with E-state index in [9.17, 15) is 28.8 Å². The van der Waals surface area contributed by atoms with Gasteiger partial charge in [0.25, 0.3) is 17.7 Å². The summed E-state index contributed by atoms with van der Waals surface area (Å²) in [5.74, 6) is -1.66. The first-order valence-electron chi connectivity index (χ1n) is 21.6. The Kier molecular flexibility index (Phi) is 11.6. The molecule has 0 unspecified atom stereocenters. The highest BCUT2D eigenvalue weighted by molar-refractivity contribution is 6.23. The normalized spacial score (nSPS) is 22.4. The number of nitrogens with zero attached hydrogens (tertiary/aromatic N) is 9. The van der Waals surface area contributed by atoms with Gasteiger partial charge in [-0.05, 0) is 88.9 Å². The lowest BCUT2D eigenvalue weighted by Crippen LogP contribution is -2.54. The third-order valence-electron chi connectivity index (χ3n) is 12.8. The molecule has 7 heterocycles. The first kappa shape index (κ1) is 41.0. The summed E-state index contributed by atoms with van der Waals surface area (Å²) in [7, 11) is 0. The molecular formula is C43H51N13O6. The number of aryl methyl sites for hydroxylation is 1. The predicted octanol–water partition coefficient (Wildman–Crippen LogP) is 1.59. The van der Waals surface area contributed by atoms with Gasteiger partial charge in [0.15, 0.2) is 11.5 Å². The summed E-state index contributed by atoms with van der Waals surface area (Å²) >= 11 is 0. The van der Waals surface area contributed by atoms with Crippen LogP contribution in [-0.2, 0) is 14.4 Å². The van der Waals surface area contributed by atoms with Crippen LogP contribution in [0.15, 0.2) is 49.1 Å². The van der Waals surface area contributed by atoms with E-state index >= 15 is 0 Å². The first-order valence-corrected chi connectivity index (χ1v) is 21.6. The predicted molar refractivity (Wildman–Crippen MR) is 226 cm³/mol. The van der Waals surface area contributed by atoms with Crippen molar-refractivity contribution in [1.29, 1.82) is 0 Å². The van der Waals surface area contributed by atoms with Gasteiger partial charge >= 0.3 is 0 Å². The van der Waals surface area contributed by atoms with Gasteiger partial charge in [0, 0.05) is 75.2 Å². The Morgan fingerprint density at radius 3 is 2.35 bits per heavy atom. The first-order chi connectivity index (χ1) is 30.1. The van der Waals surface area contributed by atoms with E-state index in [-0.39, 0.29) is 60.5 Å². The van der Waals surface area contributed by atoms with Crippen LogP contribution in [0, 0.1) is 6.92 Å². The summed E-state index contributed by atoms with van der Waals surface area (Å²) in [6.07, 6.45) is 8.23. The Balaban J connectivity index is 0.665. The number of piperazine rings is 1. The maximum absolute atomic E-state index is 13.2. The van der Waals surface area contributed by atoms with Crippen molar-refractivity contribution in [3.05, 3.63) is 71.6 Å². The minimum Gasteiger partial charge on any atom is -0.376 e. The van der Waals surface area contributed by atoms with Crippen LogP contribution in [0.1, 0.15) is 87.9 Å². The van der Waals surface area contributed by atoms with Crippen LogP contribution in [0.3, 0.4) is 0 Å². The summed E-state index contributed by atoms with van der Waals surface area (Å²) in [6, 6.07) is 9.72. The molecular weight excluding hydrogens is 795 g/mol. The molecule has 5 aliphatic rings. The number of nitrogens with one attached hydrogen (secondary N) is 4. The lowest BCUT2D eigenvalue weighted by molar-refractivity contribution is -0.136. The van der Waals surface area contributed by atoms with Crippen molar-refractivity contribution in [3.8, 4) is 0 Å². The summed E-state index contributed by atoms with van der Waals surface area (Å²) in [5.41, 5.74) is 3.71. The highest BCUT2D eigenvalue weighted by Gasteiger charge is 2.44. The quantitative estimate of drug-likeness (QED) is 0.141. The van der Waals surface area contributed by atoms with Crippen LogP contribution in [0.4, 0.5) is 11.5 Å². The number of rotatable bonds is 13. The molecule has 1 aliphatic carbocycles. The summed E-state index contributed by atoms with van der Waals surface area (Å²) in [5, 5.41) is 12.0. The molecule has 324 valence electrons. The van der Waals surface area contributed by atoms with E-state index in [0.29, 0.717) is 24.5 Å². The van der Waals surface area contributed by atoms with E-state index in [1.165, 1.54) is 6.07 Å². The number of carbonyl (C=O) groups excluding carboxylic acids is 6. The molecule has 62 heavy (non-hydrogen) atoms. The molecule has 4 fully saturated rings. The highest BCUT2D eigenvalue weighted by Crippen LogP contribution is 2.35. The largest absolute Gasteiger partial charge is 0.376 e. The molecule has 9 rings (SSSR count). The van der Waals surface area contributed by atoms with Crippen molar-refractivity contribution < 1.29 is 28.8 Å². The number of piperidine rings is 2. The van der Waals surface area contributed by atoms with Gasteiger partial charge in [-0.1, -0.05) is 6.07 Å². The second kappa shape index (κ2) is 17.6. The highest BCUT2D eigenvalue weighted by atomic mass is 16.2. The smallest absolute Gasteiger partial charge is 0.270 e. The molecule has 0 spiro atoms. The summed E-state index contributed by atoms with van der Waals surface area (Å²) in [6.45, 7) is 8.77. The van der Waals surface area contributed by atoms with Crippen molar-refractivity contribution in [1.82, 2.24) is 54.7 Å². The molecule has 4 aromatic rings. The molecule has 19 nitrogen and oxygen atoms in total. The number of pyridine rings is 1. The zero-order valence-electron chi connectivity index (χ0n) is 34.7. The number of imide groups is 2. The van der Waals surface area contributed by atoms with E-state index < -0.39 is 29.7 Å². The number of amides is 6. The molecule has 0 bridgehead atoms. The second-order valence-corrected chi connectivity index (χ2v) is 16.9. The molecule has 1 atom stereocenters. The van der Waals surface area contributed by atoms with Gasteiger partial charge in [-0.2, -0.15) is 0 Å². The SMILES string of the molecule is Cc1cccc(C(=O)NC2CC(n3cnc4c(NC5CCN(CCCN6CCN(C(=O)CNc7ccc8c(c7)C(=O)N([C@H]7CCC(=O)NC7=O)C8=O)CC6)CC5)ncnc43)C2)n1. The second-order valence-electron chi connectivity index (χ2n) is 16.9. The Hall–Kier alpha value is -6.34. The topological polar surface area (TPSA) is 220 Å². The van der Waals surface area contributed by atoms with Crippen molar-refractivity contribution in [2.75, 3.05) is 69.5 Å². The Morgan fingerprint density at radius 1 is 0.839 bits per heavy atom. The minimum absolute atomic E-state index is 0.0450. The van der Waals surface area contributed by atoms with Crippen LogP contribution < -0.4 is 21.3 Å². The maximum atomic E-state index is 13.2. The number of likely N-dealkylation sites (tertiary alicyclic amines) is 1. The van der Waals surface area contributed by atoms with Crippen LogP contribution in [0.2, 0.25) is 0 Å². The maximum Gasteiger partial charge on any atom is 0.270 e. The van der Waals surface area contributed by atoms with Crippen molar-refractivity contribution in [2.24, 2.45) is 0 Å². The number of fused-ring (bicyclic) bond motifs is 2. The fraction of sp³-hybridized carbons (Fsp3) is 0.488. The van der Waals surface area contributed by atoms with E-state index in [4.69, 9.17) is 4.98 Å². The lowest BCUT2D eigenvalue weighted by atomic mass is 9.86.